The zero-order chi connectivity index (χ0) is 19.3. The van der Waals surface area contributed by atoms with E-state index < -0.39 is 6.04 Å². The lowest BCUT2D eigenvalue weighted by Crippen LogP contribution is -2.50. The minimum Gasteiger partial charge on any atom is -0.490 e. The average molecular weight is 358 g/mol. The summed E-state index contributed by atoms with van der Waals surface area (Å²) in [6, 6.07) is 6.66. The van der Waals surface area contributed by atoms with Crippen molar-refractivity contribution in [3.05, 3.63) is 42.0 Å². The molecule has 2 amide bonds. The third-order valence-corrected chi connectivity index (χ3v) is 4.88. The van der Waals surface area contributed by atoms with Gasteiger partial charge >= 0.3 is 0 Å². The summed E-state index contributed by atoms with van der Waals surface area (Å²) in [5.74, 6) is 0.495. The molecule has 5 nitrogen and oxygen atoms in total. The van der Waals surface area contributed by atoms with Crippen LogP contribution in [0.2, 0.25) is 0 Å². The number of rotatable bonds is 1. The van der Waals surface area contributed by atoms with Crippen molar-refractivity contribution in [2.75, 3.05) is 7.05 Å². The molecule has 3 atom stereocenters. The second kappa shape index (κ2) is 8.88. The molecule has 1 aliphatic rings. The maximum Gasteiger partial charge on any atom is 0.258 e. The number of hydrogen-bond donors (Lipinski definition) is 1. The van der Waals surface area contributed by atoms with E-state index in [1.807, 2.05) is 13.0 Å². The molecule has 0 aliphatic carbocycles. The molecule has 2 rings (SSSR count). The standard InChI is InChI=1S/C21H30N2O3/c1-14(2)18-12-8-6-10-15(3)26-19-13-9-7-11-17(19)21(25)23(5)16(4)20(24)22-18/h6-9,11,13-16,18H,10,12H2,1-5H3,(H,22,24)/b8-6+/t15-,16-,18+/m0/s1. The van der Waals surface area contributed by atoms with Crippen molar-refractivity contribution in [2.45, 2.75) is 58.7 Å². The number of nitrogens with one attached hydrogen (secondary N) is 1. The topological polar surface area (TPSA) is 58.6 Å². The fourth-order valence-corrected chi connectivity index (χ4v) is 2.88. The highest BCUT2D eigenvalue weighted by molar-refractivity contribution is 5.99. The van der Waals surface area contributed by atoms with Gasteiger partial charge < -0.3 is 15.0 Å². The van der Waals surface area contributed by atoms with Gasteiger partial charge in [-0.25, -0.2) is 0 Å². The van der Waals surface area contributed by atoms with E-state index in [0.717, 1.165) is 12.8 Å². The van der Waals surface area contributed by atoms with E-state index >= 15 is 0 Å². The number of carbonyl (C=O) groups is 2. The molecule has 142 valence electrons. The summed E-state index contributed by atoms with van der Waals surface area (Å²) in [6.45, 7) is 7.91. The zero-order valence-electron chi connectivity index (χ0n) is 16.4. The number of fused-ring (bicyclic) bond motifs is 1. The van der Waals surface area contributed by atoms with E-state index in [-0.39, 0.29) is 24.0 Å². The largest absolute Gasteiger partial charge is 0.490 e. The van der Waals surface area contributed by atoms with E-state index in [4.69, 9.17) is 4.74 Å². The number of ether oxygens (including phenoxy) is 1. The fraction of sp³-hybridized carbons (Fsp3) is 0.524. The van der Waals surface area contributed by atoms with Gasteiger partial charge in [0.1, 0.15) is 11.8 Å². The molecule has 1 aromatic rings. The van der Waals surface area contributed by atoms with E-state index in [1.165, 1.54) is 4.90 Å². The number of para-hydroxylation sites is 1. The molecule has 0 aromatic heterocycles. The first kappa shape index (κ1) is 20.0. The van der Waals surface area contributed by atoms with E-state index in [1.54, 1.807) is 32.2 Å². The van der Waals surface area contributed by atoms with Gasteiger partial charge in [0.15, 0.2) is 0 Å². The van der Waals surface area contributed by atoms with Gasteiger partial charge in [0.25, 0.3) is 5.91 Å². The van der Waals surface area contributed by atoms with Gasteiger partial charge in [-0.2, -0.15) is 0 Å². The van der Waals surface area contributed by atoms with Crippen molar-refractivity contribution in [3.63, 3.8) is 0 Å². The molecule has 26 heavy (non-hydrogen) atoms. The Hall–Kier alpha value is -2.30. The first-order chi connectivity index (χ1) is 12.3. The lowest BCUT2D eigenvalue weighted by atomic mass is 9.99. The van der Waals surface area contributed by atoms with Gasteiger partial charge in [0.05, 0.1) is 11.7 Å². The number of hydrogen-bond acceptors (Lipinski definition) is 3. The zero-order valence-corrected chi connectivity index (χ0v) is 16.4. The molecule has 0 unspecified atom stereocenters. The molecular formula is C21H30N2O3. The number of carbonyl (C=O) groups excluding carboxylic acids is 2. The van der Waals surface area contributed by atoms with Crippen LogP contribution in [0.1, 0.15) is 50.9 Å². The Morgan fingerprint density at radius 3 is 2.46 bits per heavy atom. The molecule has 1 aliphatic heterocycles. The van der Waals surface area contributed by atoms with Crippen LogP contribution in [-0.4, -0.2) is 41.9 Å². The quantitative estimate of drug-likeness (QED) is 0.783. The second-order valence-electron chi connectivity index (χ2n) is 7.32. The normalized spacial score (nSPS) is 26.5. The highest BCUT2D eigenvalue weighted by Gasteiger charge is 2.27. The van der Waals surface area contributed by atoms with Crippen molar-refractivity contribution in [3.8, 4) is 5.75 Å². The SMILES string of the molecule is CC(C)[C@H]1C/C=C/C[C@H](C)Oc2ccccc2C(=O)N(C)[C@@H](C)C(=O)N1. The molecular weight excluding hydrogens is 328 g/mol. The number of benzene rings is 1. The summed E-state index contributed by atoms with van der Waals surface area (Å²) in [5.41, 5.74) is 0.475. The first-order valence-corrected chi connectivity index (χ1v) is 9.29. The Bertz CT molecular complexity index is 669. The van der Waals surface area contributed by atoms with Crippen LogP contribution in [-0.2, 0) is 4.79 Å². The summed E-state index contributed by atoms with van der Waals surface area (Å²) < 4.78 is 6.00. The maximum atomic E-state index is 12.9. The van der Waals surface area contributed by atoms with Gasteiger partial charge in [0, 0.05) is 19.5 Å². The van der Waals surface area contributed by atoms with Crippen LogP contribution in [0.4, 0.5) is 0 Å². The molecule has 0 spiro atoms. The number of amides is 2. The minimum atomic E-state index is -0.568. The lowest BCUT2D eigenvalue weighted by molar-refractivity contribution is -0.125. The summed E-state index contributed by atoms with van der Waals surface area (Å²) in [4.78, 5) is 27.1. The van der Waals surface area contributed by atoms with Crippen molar-refractivity contribution in [2.24, 2.45) is 5.92 Å². The summed E-state index contributed by atoms with van der Waals surface area (Å²) >= 11 is 0. The molecule has 0 fully saturated rings. The minimum absolute atomic E-state index is 0.0381. The number of nitrogens with zero attached hydrogens (tertiary/aromatic N) is 1. The van der Waals surface area contributed by atoms with Crippen LogP contribution in [0.5, 0.6) is 5.75 Å². The molecule has 1 aromatic carbocycles. The first-order valence-electron chi connectivity index (χ1n) is 9.29. The van der Waals surface area contributed by atoms with Crippen molar-refractivity contribution in [1.82, 2.24) is 10.2 Å². The summed E-state index contributed by atoms with van der Waals surface area (Å²) in [5, 5.41) is 3.09. The van der Waals surface area contributed by atoms with Crippen LogP contribution in [0.25, 0.3) is 0 Å². The molecule has 5 heteroatoms. The third-order valence-electron chi connectivity index (χ3n) is 4.88. The molecule has 1 heterocycles. The highest BCUT2D eigenvalue weighted by atomic mass is 16.5. The van der Waals surface area contributed by atoms with E-state index in [0.29, 0.717) is 17.2 Å². The monoisotopic (exact) mass is 358 g/mol. The Morgan fingerprint density at radius 1 is 1.12 bits per heavy atom. The van der Waals surface area contributed by atoms with Gasteiger partial charge in [-0.05, 0) is 38.3 Å². The van der Waals surface area contributed by atoms with E-state index in [2.05, 4.69) is 31.3 Å². The van der Waals surface area contributed by atoms with Crippen LogP contribution >= 0.6 is 0 Å². The third kappa shape index (κ3) is 4.87. The summed E-state index contributed by atoms with van der Waals surface area (Å²) in [6.07, 6.45) is 5.64. The highest BCUT2D eigenvalue weighted by Crippen LogP contribution is 2.23. The van der Waals surface area contributed by atoms with Crippen molar-refractivity contribution < 1.29 is 14.3 Å². The Morgan fingerprint density at radius 2 is 1.77 bits per heavy atom. The average Bonchev–Trinajstić information content (AvgIpc) is 2.61. The second-order valence-corrected chi connectivity index (χ2v) is 7.32. The molecule has 0 saturated carbocycles. The summed E-state index contributed by atoms with van der Waals surface area (Å²) in [7, 11) is 1.66. The molecule has 0 saturated heterocycles. The Labute approximate surface area is 156 Å². The predicted molar refractivity (Wildman–Crippen MR) is 103 cm³/mol. The Kier molecular flexibility index (Phi) is 6.83. The van der Waals surface area contributed by atoms with Crippen molar-refractivity contribution in [1.29, 1.82) is 0 Å². The van der Waals surface area contributed by atoms with Gasteiger partial charge in [-0.15, -0.1) is 0 Å². The molecule has 0 radical (unpaired) electrons. The van der Waals surface area contributed by atoms with Gasteiger partial charge in [-0.3, -0.25) is 9.59 Å². The fourth-order valence-electron chi connectivity index (χ4n) is 2.88. The van der Waals surface area contributed by atoms with Gasteiger partial charge in [-0.1, -0.05) is 38.1 Å². The van der Waals surface area contributed by atoms with Crippen LogP contribution < -0.4 is 10.1 Å². The lowest BCUT2D eigenvalue weighted by Gasteiger charge is -2.29. The Balaban J connectivity index is 2.36. The number of likely N-dealkylation sites (N-methyl/N-ethyl adjacent to an activating group) is 1. The van der Waals surface area contributed by atoms with Crippen molar-refractivity contribution >= 4 is 11.8 Å². The van der Waals surface area contributed by atoms with Gasteiger partial charge in [0.2, 0.25) is 5.91 Å². The van der Waals surface area contributed by atoms with Crippen LogP contribution in [0.3, 0.4) is 0 Å². The maximum absolute atomic E-state index is 12.9. The molecule has 0 bridgehead atoms. The van der Waals surface area contributed by atoms with Crippen LogP contribution in [0, 0.1) is 5.92 Å². The van der Waals surface area contributed by atoms with E-state index in [9.17, 15) is 9.59 Å². The molecule has 1 N–H and O–H groups in total. The smallest absolute Gasteiger partial charge is 0.258 e. The predicted octanol–water partition coefficient (Wildman–Crippen LogP) is 3.41. The van der Waals surface area contributed by atoms with Crippen LogP contribution in [0.15, 0.2) is 36.4 Å².